The normalized spacial score (nSPS) is 14.5. The maximum atomic E-state index is 13.7. The van der Waals surface area contributed by atoms with Crippen molar-refractivity contribution in [2.24, 2.45) is 0 Å². The number of aromatic nitrogens is 2. The summed E-state index contributed by atoms with van der Waals surface area (Å²) in [5.74, 6) is -4.46. The molecular formula is C15H13F3N4O2. The number of morpholine rings is 1. The molecule has 1 aromatic heterocycles. The maximum absolute atomic E-state index is 13.7. The number of nitrogens with one attached hydrogen (secondary N) is 1. The minimum Gasteiger partial charge on any atom is -0.378 e. The maximum Gasteiger partial charge on any atom is 0.272 e. The van der Waals surface area contributed by atoms with Crippen LogP contribution in [-0.4, -0.2) is 47.1 Å². The van der Waals surface area contributed by atoms with E-state index in [4.69, 9.17) is 4.74 Å². The van der Waals surface area contributed by atoms with E-state index in [1.54, 1.807) is 4.90 Å². The highest BCUT2D eigenvalue weighted by molar-refractivity contribution is 5.93. The van der Waals surface area contributed by atoms with Crippen molar-refractivity contribution in [1.82, 2.24) is 14.9 Å². The molecule has 1 aliphatic rings. The van der Waals surface area contributed by atoms with Gasteiger partial charge < -0.3 is 15.0 Å². The second-order valence-corrected chi connectivity index (χ2v) is 5.04. The quantitative estimate of drug-likeness (QED) is 0.868. The van der Waals surface area contributed by atoms with Crippen LogP contribution in [0.5, 0.6) is 0 Å². The number of anilines is 2. The molecule has 0 radical (unpaired) electrons. The lowest BCUT2D eigenvalue weighted by molar-refractivity contribution is 0.0299. The first-order valence-electron chi connectivity index (χ1n) is 7.16. The van der Waals surface area contributed by atoms with E-state index in [-0.39, 0.29) is 23.1 Å². The van der Waals surface area contributed by atoms with Gasteiger partial charge in [0, 0.05) is 19.2 Å². The van der Waals surface area contributed by atoms with E-state index in [1.165, 1.54) is 6.07 Å². The summed E-state index contributed by atoms with van der Waals surface area (Å²) >= 11 is 0. The molecule has 1 aliphatic heterocycles. The van der Waals surface area contributed by atoms with Gasteiger partial charge in [-0.2, -0.15) is 0 Å². The number of hydrogen-bond acceptors (Lipinski definition) is 5. The van der Waals surface area contributed by atoms with Crippen LogP contribution in [0.3, 0.4) is 0 Å². The highest BCUT2D eigenvalue weighted by Gasteiger charge is 2.20. The van der Waals surface area contributed by atoms with Crippen LogP contribution in [0, 0.1) is 17.5 Å². The minimum atomic E-state index is -1.58. The fraction of sp³-hybridized carbons (Fsp3) is 0.267. The van der Waals surface area contributed by atoms with Crippen molar-refractivity contribution in [3.05, 3.63) is 47.7 Å². The molecule has 1 fully saturated rings. The summed E-state index contributed by atoms with van der Waals surface area (Å²) in [7, 11) is 0. The van der Waals surface area contributed by atoms with Crippen molar-refractivity contribution >= 4 is 17.4 Å². The Bertz CT molecular complexity index is 766. The van der Waals surface area contributed by atoms with Gasteiger partial charge in [0.25, 0.3) is 5.91 Å². The molecular weight excluding hydrogens is 325 g/mol. The molecule has 9 heteroatoms. The molecule has 1 N–H and O–H groups in total. The molecule has 0 unspecified atom stereocenters. The zero-order valence-electron chi connectivity index (χ0n) is 12.4. The van der Waals surface area contributed by atoms with Crippen LogP contribution < -0.4 is 5.32 Å². The van der Waals surface area contributed by atoms with Crippen LogP contribution in [0.15, 0.2) is 24.5 Å². The van der Waals surface area contributed by atoms with Crippen LogP contribution in [0.2, 0.25) is 0 Å². The lowest BCUT2D eigenvalue weighted by Crippen LogP contribution is -2.41. The van der Waals surface area contributed by atoms with Crippen molar-refractivity contribution in [3.63, 3.8) is 0 Å². The van der Waals surface area contributed by atoms with Gasteiger partial charge in [-0.3, -0.25) is 4.79 Å². The molecule has 0 aliphatic carbocycles. The van der Waals surface area contributed by atoms with Crippen LogP contribution in [-0.2, 0) is 4.74 Å². The molecule has 3 rings (SSSR count). The number of ether oxygens (including phenoxy) is 1. The van der Waals surface area contributed by atoms with E-state index in [0.29, 0.717) is 26.3 Å². The van der Waals surface area contributed by atoms with Crippen LogP contribution in [0.1, 0.15) is 10.5 Å². The van der Waals surface area contributed by atoms with E-state index in [1.807, 2.05) is 0 Å². The van der Waals surface area contributed by atoms with E-state index in [2.05, 4.69) is 15.3 Å². The molecule has 126 valence electrons. The number of rotatable bonds is 3. The van der Waals surface area contributed by atoms with Gasteiger partial charge in [0.1, 0.15) is 17.8 Å². The number of halogens is 3. The summed E-state index contributed by atoms with van der Waals surface area (Å²) in [6.07, 6.45) is 1.13. The van der Waals surface area contributed by atoms with Crippen molar-refractivity contribution in [1.29, 1.82) is 0 Å². The average molecular weight is 338 g/mol. The molecule has 0 saturated carbocycles. The summed E-state index contributed by atoms with van der Waals surface area (Å²) < 4.78 is 45.1. The molecule has 6 nitrogen and oxygen atoms in total. The topological polar surface area (TPSA) is 67.4 Å². The Hall–Kier alpha value is -2.68. The van der Waals surface area contributed by atoms with Crippen LogP contribution in [0.25, 0.3) is 0 Å². The summed E-state index contributed by atoms with van der Waals surface area (Å²) in [6, 6.07) is 3.15. The molecule has 2 aromatic rings. The Labute approximate surface area is 135 Å². The zero-order chi connectivity index (χ0) is 17.1. The second-order valence-electron chi connectivity index (χ2n) is 5.04. The van der Waals surface area contributed by atoms with Gasteiger partial charge in [-0.05, 0) is 12.1 Å². The van der Waals surface area contributed by atoms with E-state index in [9.17, 15) is 18.0 Å². The molecule has 1 amide bonds. The lowest BCUT2D eigenvalue weighted by atomic mass is 10.2. The van der Waals surface area contributed by atoms with Gasteiger partial charge in [-0.15, -0.1) is 0 Å². The highest BCUT2D eigenvalue weighted by atomic mass is 19.2. The Morgan fingerprint density at radius 1 is 1.12 bits per heavy atom. The van der Waals surface area contributed by atoms with Crippen molar-refractivity contribution in [3.8, 4) is 0 Å². The Morgan fingerprint density at radius 2 is 1.88 bits per heavy atom. The first kappa shape index (κ1) is 16.2. The Balaban J connectivity index is 1.80. The standard InChI is InChI=1S/C15H13F3N4O2/c16-9-1-2-10(14(18)13(9)17)21-12-7-11(19-8-20-12)15(23)22-3-5-24-6-4-22/h1-2,7-8H,3-6H2,(H,19,20,21). The van der Waals surface area contributed by atoms with Crippen molar-refractivity contribution < 1.29 is 22.7 Å². The van der Waals surface area contributed by atoms with Crippen LogP contribution in [0.4, 0.5) is 24.7 Å². The van der Waals surface area contributed by atoms with Crippen LogP contribution >= 0.6 is 0 Å². The molecule has 1 aromatic carbocycles. The smallest absolute Gasteiger partial charge is 0.272 e. The fourth-order valence-electron chi connectivity index (χ4n) is 2.23. The summed E-state index contributed by atoms with van der Waals surface area (Å²) in [4.78, 5) is 21.7. The second kappa shape index (κ2) is 6.83. The van der Waals surface area contributed by atoms with Gasteiger partial charge in [-0.1, -0.05) is 0 Å². The number of hydrogen-bond donors (Lipinski definition) is 1. The highest BCUT2D eigenvalue weighted by Crippen LogP contribution is 2.22. The number of benzene rings is 1. The molecule has 1 saturated heterocycles. The third kappa shape index (κ3) is 3.30. The number of carbonyl (C=O) groups excluding carboxylic acids is 1. The Morgan fingerprint density at radius 3 is 2.62 bits per heavy atom. The van der Waals surface area contributed by atoms with Gasteiger partial charge in [-0.25, -0.2) is 23.1 Å². The van der Waals surface area contributed by atoms with Gasteiger partial charge >= 0.3 is 0 Å². The predicted octanol–water partition coefficient (Wildman–Crippen LogP) is 2.11. The van der Waals surface area contributed by atoms with Gasteiger partial charge in [0.2, 0.25) is 0 Å². The molecule has 24 heavy (non-hydrogen) atoms. The monoisotopic (exact) mass is 338 g/mol. The van der Waals surface area contributed by atoms with E-state index < -0.39 is 17.5 Å². The predicted molar refractivity (Wildman–Crippen MR) is 78.4 cm³/mol. The number of nitrogens with zero attached hydrogens (tertiary/aromatic N) is 3. The zero-order valence-corrected chi connectivity index (χ0v) is 12.4. The summed E-state index contributed by atoms with van der Waals surface area (Å²) in [6.45, 7) is 1.79. The first-order valence-corrected chi connectivity index (χ1v) is 7.16. The fourth-order valence-corrected chi connectivity index (χ4v) is 2.23. The van der Waals surface area contributed by atoms with E-state index in [0.717, 1.165) is 18.5 Å². The van der Waals surface area contributed by atoms with Crippen molar-refractivity contribution in [2.45, 2.75) is 0 Å². The Kier molecular flexibility index (Phi) is 4.61. The number of carbonyl (C=O) groups is 1. The minimum absolute atomic E-state index is 0.0894. The molecule has 2 heterocycles. The van der Waals surface area contributed by atoms with Gasteiger partial charge in [0.15, 0.2) is 17.5 Å². The molecule has 0 bridgehead atoms. The summed E-state index contributed by atoms with van der Waals surface area (Å²) in [5, 5.41) is 2.51. The summed E-state index contributed by atoms with van der Waals surface area (Å²) in [5.41, 5.74) is -0.185. The van der Waals surface area contributed by atoms with E-state index >= 15 is 0 Å². The third-order valence-electron chi connectivity index (χ3n) is 3.48. The largest absolute Gasteiger partial charge is 0.378 e. The van der Waals surface area contributed by atoms with Gasteiger partial charge in [0.05, 0.1) is 18.9 Å². The average Bonchev–Trinajstić information content (AvgIpc) is 2.62. The lowest BCUT2D eigenvalue weighted by Gasteiger charge is -2.26. The third-order valence-corrected chi connectivity index (χ3v) is 3.48. The number of amides is 1. The molecule has 0 spiro atoms. The van der Waals surface area contributed by atoms with Crippen molar-refractivity contribution in [2.75, 3.05) is 31.6 Å². The molecule has 0 atom stereocenters. The first-order chi connectivity index (χ1) is 11.6. The SMILES string of the molecule is O=C(c1cc(Nc2ccc(F)c(F)c2F)ncn1)N1CCOCC1.